The molecule has 190 valence electrons. The van der Waals surface area contributed by atoms with Crippen molar-refractivity contribution < 1.29 is 14.3 Å². The van der Waals surface area contributed by atoms with Gasteiger partial charge in [-0.2, -0.15) is 0 Å². The van der Waals surface area contributed by atoms with Crippen LogP contribution in [0, 0.1) is 0 Å². The maximum absolute atomic E-state index is 13.1. The van der Waals surface area contributed by atoms with Gasteiger partial charge in [-0.25, -0.2) is 0 Å². The summed E-state index contributed by atoms with van der Waals surface area (Å²) in [6, 6.07) is 19.8. The van der Waals surface area contributed by atoms with Gasteiger partial charge < -0.3 is 21.1 Å². The molecule has 0 fully saturated rings. The molecule has 1 atom stereocenters. The predicted octanol–water partition coefficient (Wildman–Crippen LogP) is 4.83. The van der Waals surface area contributed by atoms with Crippen molar-refractivity contribution in [3.63, 3.8) is 0 Å². The molecule has 0 heterocycles. The molecule has 4 N–H and O–H groups in total. The second-order valence-corrected chi connectivity index (χ2v) is 9.20. The van der Waals surface area contributed by atoms with E-state index in [1.807, 2.05) is 55.5 Å². The van der Waals surface area contributed by atoms with Crippen LogP contribution < -0.4 is 21.1 Å². The molecule has 3 aromatic carbocycles. The van der Waals surface area contributed by atoms with E-state index in [0.717, 1.165) is 28.0 Å². The Morgan fingerprint density at radius 3 is 2.17 bits per heavy atom. The standard InChI is InChI=1S/C28H31Cl2N3O3/c1-2-36-23-11-7-19(8-12-23)10-14-27(34)33-26(16-22-9-13-24(29)25(30)15-22)28(35)32-18-21-5-3-20(17-31)4-6-21/h3-9,11-13,15,26H,2,10,14,16-18,31H2,1H3,(H,32,35)(H,33,34). The van der Waals surface area contributed by atoms with E-state index in [2.05, 4.69) is 10.6 Å². The fraction of sp³-hybridized carbons (Fsp3) is 0.286. The minimum atomic E-state index is -0.765. The van der Waals surface area contributed by atoms with E-state index in [1.54, 1.807) is 18.2 Å². The fourth-order valence-electron chi connectivity index (χ4n) is 3.66. The summed E-state index contributed by atoms with van der Waals surface area (Å²) in [6.45, 7) is 3.33. The van der Waals surface area contributed by atoms with Crippen molar-refractivity contribution in [2.75, 3.05) is 6.61 Å². The van der Waals surface area contributed by atoms with E-state index >= 15 is 0 Å². The summed E-state index contributed by atoms with van der Waals surface area (Å²) in [5.41, 5.74) is 9.41. The fourth-order valence-corrected chi connectivity index (χ4v) is 3.98. The predicted molar refractivity (Wildman–Crippen MR) is 144 cm³/mol. The van der Waals surface area contributed by atoms with Crippen molar-refractivity contribution in [1.29, 1.82) is 0 Å². The molecule has 0 aliphatic heterocycles. The first-order valence-electron chi connectivity index (χ1n) is 11.9. The largest absolute Gasteiger partial charge is 0.494 e. The van der Waals surface area contributed by atoms with Gasteiger partial charge >= 0.3 is 0 Å². The molecule has 0 aliphatic carbocycles. The lowest BCUT2D eigenvalue weighted by atomic mass is 10.0. The topological polar surface area (TPSA) is 93.4 Å². The van der Waals surface area contributed by atoms with E-state index in [9.17, 15) is 9.59 Å². The second-order valence-electron chi connectivity index (χ2n) is 8.39. The van der Waals surface area contributed by atoms with Crippen molar-refractivity contribution in [3.05, 3.63) is 99.0 Å². The summed E-state index contributed by atoms with van der Waals surface area (Å²) in [5, 5.41) is 6.64. The average Bonchev–Trinajstić information content (AvgIpc) is 2.89. The maximum Gasteiger partial charge on any atom is 0.243 e. The highest BCUT2D eigenvalue weighted by Gasteiger charge is 2.21. The van der Waals surface area contributed by atoms with Crippen molar-refractivity contribution in [3.8, 4) is 5.75 Å². The molecule has 36 heavy (non-hydrogen) atoms. The van der Waals surface area contributed by atoms with Crippen molar-refractivity contribution in [2.24, 2.45) is 5.73 Å². The normalized spacial score (nSPS) is 11.6. The van der Waals surface area contributed by atoms with Crippen LogP contribution in [-0.2, 0) is 35.5 Å². The molecule has 0 bridgehead atoms. The first-order valence-corrected chi connectivity index (χ1v) is 12.6. The summed E-state index contributed by atoms with van der Waals surface area (Å²) >= 11 is 12.2. The van der Waals surface area contributed by atoms with Gasteiger partial charge in [0.25, 0.3) is 0 Å². The third-order valence-electron chi connectivity index (χ3n) is 5.68. The highest BCUT2D eigenvalue weighted by atomic mass is 35.5. The van der Waals surface area contributed by atoms with Crippen molar-refractivity contribution in [1.82, 2.24) is 10.6 Å². The van der Waals surface area contributed by atoms with Gasteiger partial charge in [-0.1, -0.05) is 65.7 Å². The third-order valence-corrected chi connectivity index (χ3v) is 6.42. The SMILES string of the molecule is CCOc1ccc(CCC(=O)NC(Cc2ccc(Cl)c(Cl)c2)C(=O)NCc2ccc(CN)cc2)cc1. The number of carbonyl (C=O) groups is 2. The van der Waals surface area contributed by atoms with Gasteiger partial charge in [-0.05, 0) is 59.9 Å². The lowest BCUT2D eigenvalue weighted by molar-refractivity contribution is -0.129. The molecular weight excluding hydrogens is 497 g/mol. The lowest BCUT2D eigenvalue weighted by Gasteiger charge is -2.19. The first-order chi connectivity index (χ1) is 17.4. The minimum absolute atomic E-state index is 0.212. The number of hydrogen-bond donors (Lipinski definition) is 3. The van der Waals surface area contributed by atoms with Gasteiger partial charge in [-0.15, -0.1) is 0 Å². The maximum atomic E-state index is 13.1. The van der Waals surface area contributed by atoms with Gasteiger partial charge in [0, 0.05) is 25.9 Å². The zero-order valence-electron chi connectivity index (χ0n) is 20.2. The van der Waals surface area contributed by atoms with Crippen LogP contribution >= 0.6 is 23.2 Å². The molecule has 6 nitrogen and oxygen atoms in total. The third kappa shape index (κ3) is 8.55. The summed E-state index contributed by atoms with van der Waals surface area (Å²) in [4.78, 5) is 25.9. The Morgan fingerprint density at radius 1 is 0.889 bits per heavy atom. The van der Waals surface area contributed by atoms with Crippen LogP contribution in [0.25, 0.3) is 0 Å². The smallest absolute Gasteiger partial charge is 0.243 e. The Kier molecular flexibility index (Phi) is 10.6. The van der Waals surface area contributed by atoms with Gasteiger partial charge in [0.1, 0.15) is 11.8 Å². The van der Waals surface area contributed by atoms with E-state index in [-0.39, 0.29) is 24.7 Å². The molecule has 2 amide bonds. The van der Waals surface area contributed by atoms with Crippen molar-refractivity contribution in [2.45, 2.75) is 45.3 Å². The van der Waals surface area contributed by atoms with Crippen molar-refractivity contribution >= 4 is 35.0 Å². The van der Waals surface area contributed by atoms with E-state index in [0.29, 0.717) is 36.2 Å². The highest BCUT2D eigenvalue weighted by Crippen LogP contribution is 2.23. The molecule has 0 aromatic heterocycles. The number of ether oxygens (including phenoxy) is 1. The number of nitrogens with one attached hydrogen (secondary N) is 2. The number of aryl methyl sites for hydroxylation is 1. The molecule has 0 saturated carbocycles. The monoisotopic (exact) mass is 527 g/mol. The number of amides is 2. The van der Waals surface area contributed by atoms with Crippen LogP contribution in [0.15, 0.2) is 66.7 Å². The number of nitrogens with two attached hydrogens (primary N) is 1. The van der Waals surface area contributed by atoms with E-state index in [4.69, 9.17) is 33.7 Å². The number of hydrogen-bond acceptors (Lipinski definition) is 4. The molecule has 0 aliphatic rings. The number of carbonyl (C=O) groups excluding carboxylic acids is 2. The molecular formula is C28H31Cl2N3O3. The van der Waals surface area contributed by atoms with Gasteiger partial charge in [-0.3, -0.25) is 9.59 Å². The van der Waals surface area contributed by atoms with E-state index < -0.39 is 6.04 Å². The Balaban J connectivity index is 1.63. The van der Waals surface area contributed by atoms with Crippen LogP contribution in [0.4, 0.5) is 0 Å². The summed E-state index contributed by atoms with van der Waals surface area (Å²) in [7, 11) is 0. The average molecular weight is 528 g/mol. The summed E-state index contributed by atoms with van der Waals surface area (Å²) < 4.78 is 5.46. The highest BCUT2D eigenvalue weighted by molar-refractivity contribution is 6.42. The summed E-state index contributed by atoms with van der Waals surface area (Å²) in [5.74, 6) is 0.302. The molecule has 0 radical (unpaired) electrons. The number of benzene rings is 3. The lowest BCUT2D eigenvalue weighted by Crippen LogP contribution is -2.47. The molecule has 0 saturated heterocycles. The van der Waals surface area contributed by atoms with Crippen LogP contribution in [0.1, 0.15) is 35.6 Å². The van der Waals surface area contributed by atoms with Crippen LogP contribution in [0.2, 0.25) is 10.0 Å². The Morgan fingerprint density at radius 2 is 1.53 bits per heavy atom. The molecule has 0 spiro atoms. The van der Waals surface area contributed by atoms with Crippen LogP contribution in [-0.4, -0.2) is 24.5 Å². The zero-order valence-corrected chi connectivity index (χ0v) is 21.7. The Labute approximate surface area is 222 Å². The quantitative estimate of drug-likeness (QED) is 0.314. The minimum Gasteiger partial charge on any atom is -0.494 e. The zero-order chi connectivity index (χ0) is 25.9. The number of halogens is 2. The molecule has 3 aromatic rings. The van der Waals surface area contributed by atoms with Gasteiger partial charge in [0.15, 0.2) is 0 Å². The van der Waals surface area contributed by atoms with Crippen LogP contribution in [0.5, 0.6) is 5.75 Å². The molecule has 1 unspecified atom stereocenters. The van der Waals surface area contributed by atoms with Gasteiger partial charge in [0.05, 0.1) is 16.7 Å². The number of rotatable bonds is 12. The Bertz CT molecular complexity index is 1150. The molecule has 3 rings (SSSR count). The second kappa shape index (κ2) is 13.9. The Hall–Kier alpha value is -3.06. The van der Waals surface area contributed by atoms with Crippen LogP contribution in [0.3, 0.4) is 0 Å². The summed E-state index contributed by atoms with van der Waals surface area (Å²) in [6.07, 6.45) is 1.08. The first kappa shape index (κ1) is 27.5. The molecule has 8 heteroatoms. The van der Waals surface area contributed by atoms with Gasteiger partial charge in [0.2, 0.25) is 11.8 Å². The van der Waals surface area contributed by atoms with E-state index in [1.165, 1.54) is 0 Å².